The van der Waals surface area contributed by atoms with Gasteiger partial charge in [0.1, 0.15) is 0 Å². The number of nitrogens with zero attached hydrogens (tertiary/aromatic N) is 2. The van der Waals surface area contributed by atoms with E-state index >= 15 is 0 Å². The van der Waals surface area contributed by atoms with E-state index in [1.165, 1.54) is 0 Å². The number of ether oxygens (including phenoxy) is 1. The van der Waals surface area contributed by atoms with Gasteiger partial charge < -0.3 is 14.5 Å². The van der Waals surface area contributed by atoms with Crippen molar-refractivity contribution in [2.24, 2.45) is 0 Å². The van der Waals surface area contributed by atoms with Crippen LogP contribution in [-0.2, 0) is 9.53 Å². The van der Waals surface area contributed by atoms with E-state index in [0.717, 1.165) is 12.0 Å². The highest BCUT2D eigenvalue weighted by Crippen LogP contribution is 2.08. The van der Waals surface area contributed by atoms with Crippen LogP contribution in [0.25, 0.3) is 0 Å². The van der Waals surface area contributed by atoms with Gasteiger partial charge in [0, 0.05) is 31.8 Å². The molecule has 1 saturated heterocycles. The third-order valence-corrected chi connectivity index (χ3v) is 2.94. The van der Waals surface area contributed by atoms with Crippen molar-refractivity contribution in [1.82, 2.24) is 9.80 Å². The van der Waals surface area contributed by atoms with Crippen LogP contribution in [0.3, 0.4) is 0 Å². The summed E-state index contributed by atoms with van der Waals surface area (Å²) in [5.74, 6) is 0.0698. The predicted octanol–water partition coefficient (Wildman–Crippen LogP) is 1.64. The summed E-state index contributed by atoms with van der Waals surface area (Å²) < 4.78 is 4.94. The minimum absolute atomic E-state index is 0.0698. The Morgan fingerprint density at radius 2 is 1.67 bits per heavy atom. The van der Waals surface area contributed by atoms with Crippen molar-refractivity contribution in [2.75, 3.05) is 32.8 Å². The summed E-state index contributed by atoms with van der Waals surface area (Å²) in [7, 11) is 0. The van der Waals surface area contributed by atoms with E-state index < -0.39 is 0 Å². The van der Waals surface area contributed by atoms with Crippen molar-refractivity contribution >= 4 is 12.0 Å². The van der Waals surface area contributed by atoms with Gasteiger partial charge in [-0.2, -0.15) is 0 Å². The zero-order valence-corrected chi connectivity index (χ0v) is 11.4. The molecule has 1 aliphatic rings. The summed E-state index contributed by atoms with van der Waals surface area (Å²) in [6.45, 7) is 8.26. The molecule has 1 heterocycles. The maximum atomic E-state index is 12.0. The third kappa shape index (κ3) is 3.75. The molecule has 18 heavy (non-hydrogen) atoms. The lowest BCUT2D eigenvalue weighted by Crippen LogP contribution is -2.50. The monoisotopic (exact) mass is 254 g/mol. The minimum atomic E-state index is -0.287. The molecule has 5 nitrogen and oxygen atoms in total. The molecule has 0 bridgehead atoms. The van der Waals surface area contributed by atoms with Gasteiger partial charge in [-0.25, -0.2) is 4.79 Å². The maximum absolute atomic E-state index is 12.0. The average Bonchev–Trinajstić information content (AvgIpc) is 2.38. The van der Waals surface area contributed by atoms with Crippen LogP contribution in [0, 0.1) is 0 Å². The Bertz CT molecular complexity index is 331. The molecule has 0 spiro atoms. The van der Waals surface area contributed by atoms with E-state index in [1.807, 2.05) is 19.9 Å². The second-order valence-electron chi connectivity index (χ2n) is 4.27. The van der Waals surface area contributed by atoms with E-state index in [4.69, 9.17) is 4.74 Å². The number of allylic oxidation sites excluding steroid dienone is 1. The molecule has 1 rings (SSSR count). The second kappa shape index (κ2) is 7.03. The number of hydrogen-bond acceptors (Lipinski definition) is 3. The summed E-state index contributed by atoms with van der Waals surface area (Å²) in [5, 5.41) is 0. The van der Waals surface area contributed by atoms with Crippen molar-refractivity contribution in [1.29, 1.82) is 0 Å². The van der Waals surface area contributed by atoms with Gasteiger partial charge in [-0.05, 0) is 20.3 Å². The lowest BCUT2D eigenvalue weighted by Gasteiger charge is -2.34. The summed E-state index contributed by atoms with van der Waals surface area (Å²) >= 11 is 0. The Balaban J connectivity index is 2.46. The van der Waals surface area contributed by atoms with E-state index in [1.54, 1.807) is 16.7 Å². The zero-order chi connectivity index (χ0) is 13.5. The summed E-state index contributed by atoms with van der Waals surface area (Å²) in [5.41, 5.74) is 0.780. The molecule has 2 amide bonds. The first kappa shape index (κ1) is 14.5. The Morgan fingerprint density at radius 1 is 1.11 bits per heavy atom. The Morgan fingerprint density at radius 3 is 2.17 bits per heavy atom. The van der Waals surface area contributed by atoms with Gasteiger partial charge in [0.05, 0.1) is 6.61 Å². The molecule has 1 aliphatic heterocycles. The molecule has 102 valence electrons. The number of amides is 2. The van der Waals surface area contributed by atoms with E-state index in [0.29, 0.717) is 32.8 Å². The molecule has 0 aromatic heterocycles. The first-order valence-corrected chi connectivity index (χ1v) is 6.47. The Labute approximate surface area is 108 Å². The van der Waals surface area contributed by atoms with Crippen LogP contribution >= 0.6 is 0 Å². The SMILES string of the molecule is CC/C=C(/C)C(=O)N1CCN(C(=O)OCC)CC1. The molecule has 0 saturated carbocycles. The van der Waals surface area contributed by atoms with Crippen LogP contribution < -0.4 is 0 Å². The zero-order valence-electron chi connectivity index (χ0n) is 11.4. The van der Waals surface area contributed by atoms with E-state index in [-0.39, 0.29) is 12.0 Å². The van der Waals surface area contributed by atoms with Gasteiger partial charge in [0.2, 0.25) is 5.91 Å². The third-order valence-electron chi connectivity index (χ3n) is 2.94. The number of carbonyl (C=O) groups excluding carboxylic acids is 2. The summed E-state index contributed by atoms with van der Waals surface area (Å²) in [4.78, 5) is 26.9. The van der Waals surface area contributed by atoms with Crippen LogP contribution in [-0.4, -0.2) is 54.6 Å². The fourth-order valence-corrected chi connectivity index (χ4v) is 1.95. The predicted molar refractivity (Wildman–Crippen MR) is 69.2 cm³/mol. The van der Waals surface area contributed by atoms with Gasteiger partial charge in [-0.15, -0.1) is 0 Å². The highest BCUT2D eigenvalue weighted by atomic mass is 16.6. The van der Waals surface area contributed by atoms with Gasteiger partial charge >= 0.3 is 6.09 Å². The van der Waals surface area contributed by atoms with Crippen molar-refractivity contribution in [3.63, 3.8) is 0 Å². The molecule has 1 fully saturated rings. The van der Waals surface area contributed by atoms with Crippen molar-refractivity contribution in [3.8, 4) is 0 Å². The first-order valence-electron chi connectivity index (χ1n) is 6.47. The Kier molecular flexibility index (Phi) is 5.68. The lowest BCUT2D eigenvalue weighted by molar-refractivity contribution is -0.128. The molecule has 0 aromatic carbocycles. The maximum Gasteiger partial charge on any atom is 0.409 e. The highest BCUT2D eigenvalue weighted by molar-refractivity contribution is 5.92. The van der Waals surface area contributed by atoms with Gasteiger partial charge in [-0.1, -0.05) is 13.0 Å². The van der Waals surface area contributed by atoms with Crippen LogP contribution in [0.2, 0.25) is 0 Å². The molecule has 0 unspecified atom stereocenters. The topological polar surface area (TPSA) is 49.9 Å². The molecule has 0 aliphatic carbocycles. The highest BCUT2D eigenvalue weighted by Gasteiger charge is 2.25. The quantitative estimate of drug-likeness (QED) is 0.719. The van der Waals surface area contributed by atoms with E-state index in [9.17, 15) is 9.59 Å². The molecule has 0 radical (unpaired) electrons. The smallest absolute Gasteiger partial charge is 0.409 e. The molecular formula is C13H22N2O3. The molecule has 0 atom stereocenters. The van der Waals surface area contributed by atoms with Crippen LogP contribution in [0.4, 0.5) is 4.79 Å². The van der Waals surface area contributed by atoms with E-state index in [2.05, 4.69) is 0 Å². The summed E-state index contributed by atoms with van der Waals surface area (Å²) in [6, 6.07) is 0. The minimum Gasteiger partial charge on any atom is -0.450 e. The molecular weight excluding hydrogens is 232 g/mol. The summed E-state index contributed by atoms with van der Waals surface area (Å²) in [6.07, 6.45) is 2.51. The fourth-order valence-electron chi connectivity index (χ4n) is 1.95. The van der Waals surface area contributed by atoms with Gasteiger partial charge in [0.15, 0.2) is 0 Å². The van der Waals surface area contributed by atoms with Crippen molar-refractivity contribution < 1.29 is 14.3 Å². The average molecular weight is 254 g/mol. The molecule has 5 heteroatoms. The fraction of sp³-hybridized carbons (Fsp3) is 0.692. The van der Waals surface area contributed by atoms with Crippen molar-refractivity contribution in [2.45, 2.75) is 27.2 Å². The van der Waals surface area contributed by atoms with Crippen LogP contribution in [0.1, 0.15) is 27.2 Å². The molecule has 0 N–H and O–H groups in total. The van der Waals surface area contributed by atoms with Crippen molar-refractivity contribution in [3.05, 3.63) is 11.6 Å². The first-order chi connectivity index (χ1) is 8.60. The van der Waals surface area contributed by atoms with Gasteiger partial charge in [0.25, 0.3) is 0 Å². The largest absolute Gasteiger partial charge is 0.450 e. The second-order valence-corrected chi connectivity index (χ2v) is 4.27. The number of hydrogen-bond donors (Lipinski definition) is 0. The number of piperazine rings is 1. The standard InChI is InChI=1S/C13H22N2O3/c1-4-6-11(3)12(16)14-7-9-15(10-8-14)13(17)18-5-2/h6H,4-5,7-10H2,1-3H3/b11-6-. The molecule has 0 aromatic rings. The van der Waals surface area contributed by atoms with Gasteiger partial charge in [-0.3, -0.25) is 4.79 Å². The number of rotatable bonds is 3. The Hall–Kier alpha value is -1.52. The van der Waals surface area contributed by atoms with Crippen LogP contribution in [0.5, 0.6) is 0 Å². The number of carbonyl (C=O) groups is 2. The lowest BCUT2D eigenvalue weighted by atomic mass is 10.2. The normalized spacial score (nSPS) is 16.7. The van der Waals surface area contributed by atoms with Crippen LogP contribution in [0.15, 0.2) is 11.6 Å².